The second-order valence-corrected chi connectivity index (χ2v) is 7.23. The maximum atomic E-state index is 11.8. The average Bonchev–Trinajstić information content (AvgIpc) is 3.15. The van der Waals surface area contributed by atoms with Crippen molar-refractivity contribution in [1.82, 2.24) is 10.3 Å². The van der Waals surface area contributed by atoms with Crippen molar-refractivity contribution in [3.63, 3.8) is 0 Å². The highest BCUT2D eigenvalue weighted by atomic mass is 32.2. The summed E-state index contributed by atoms with van der Waals surface area (Å²) in [5.41, 5.74) is 3.25. The van der Waals surface area contributed by atoms with Crippen molar-refractivity contribution in [2.75, 3.05) is 13.7 Å². The maximum Gasteiger partial charge on any atom is 0.257 e. The van der Waals surface area contributed by atoms with Crippen molar-refractivity contribution >= 4 is 29.4 Å². The molecule has 1 heterocycles. The number of carbonyl (C=O) groups is 2. The Morgan fingerprint density at radius 1 is 1.17 bits per heavy atom. The van der Waals surface area contributed by atoms with Gasteiger partial charge in [-0.2, -0.15) is 0 Å². The highest BCUT2D eigenvalue weighted by Gasteiger charge is 2.11. The molecule has 2 aromatic carbocycles. The van der Waals surface area contributed by atoms with E-state index >= 15 is 0 Å². The molecule has 0 saturated carbocycles. The van der Waals surface area contributed by atoms with Crippen LogP contribution in [0.25, 0.3) is 17.5 Å². The fourth-order valence-electron chi connectivity index (χ4n) is 2.77. The lowest BCUT2D eigenvalue weighted by Crippen LogP contribution is -2.18. The van der Waals surface area contributed by atoms with Crippen LogP contribution in [0.4, 0.5) is 0 Å². The largest absolute Gasteiger partial charge is 0.493 e. The number of amides is 1. The molecule has 6 nitrogen and oxygen atoms in total. The summed E-state index contributed by atoms with van der Waals surface area (Å²) in [6.07, 6.45) is 2.28. The van der Waals surface area contributed by atoms with Crippen molar-refractivity contribution in [2.24, 2.45) is 0 Å². The minimum absolute atomic E-state index is 0.301. The van der Waals surface area contributed by atoms with Crippen molar-refractivity contribution in [2.45, 2.75) is 13.3 Å². The zero-order valence-electron chi connectivity index (χ0n) is 16.8. The number of oxazole rings is 1. The molecule has 0 aliphatic carbocycles. The zero-order valence-corrected chi connectivity index (χ0v) is 17.6. The van der Waals surface area contributed by atoms with Crippen molar-refractivity contribution in [3.8, 4) is 17.2 Å². The van der Waals surface area contributed by atoms with E-state index < -0.39 is 0 Å². The molecule has 30 heavy (non-hydrogen) atoms. The van der Waals surface area contributed by atoms with Gasteiger partial charge in [-0.1, -0.05) is 30.3 Å². The number of thioether (sulfide) groups is 1. The fraction of sp³-hybridized carbons (Fsp3) is 0.174. The van der Waals surface area contributed by atoms with Crippen molar-refractivity contribution < 1.29 is 18.7 Å². The predicted octanol–water partition coefficient (Wildman–Crippen LogP) is 4.28. The van der Waals surface area contributed by atoms with E-state index in [0.29, 0.717) is 35.2 Å². The summed E-state index contributed by atoms with van der Waals surface area (Å²) in [6, 6.07) is 17.1. The van der Waals surface area contributed by atoms with Gasteiger partial charge in [0.25, 0.3) is 5.91 Å². The third-order valence-corrected chi connectivity index (χ3v) is 4.98. The molecule has 1 N–H and O–H groups in total. The van der Waals surface area contributed by atoms with Gasteiger partial charge in [-0.15, -0.1) is 0 Å². The lowest BCUT2D eigenvalue weighted by molar-refractivity contribution is -0.116. The van der Waals surface area contributed by atoms with Crippen LogP contribution in [0.15, 0.2) is 63.9 Å². The van der Waals surface area contributed by atoms with E-state index in [0.717, 1.165) is 34.3 Å². The summed E-state index contributed by atoms with van der Waals surface area (Å²) in [7, 11) is 1.53. The van der Waals surface area contributed by atoms with Gasteiger partial charge in [0.15, 0.2) is 5.62 Å². The van der Waals surface area contributed by atoms with Crippen LogP contribution in [0, 0.1) is 6.92 Å². The first kappa shape index (κ1) is 21.4. The third kappa shape index (κ3) is 5.61. The van der Waals surface area contributed by atoms with Gasteiger partial charge in [0, 0.05) is 19.0 Å². The molecule has 1 amide bonds. The molecule has 0 atom stereocenters. The second-order valence-electron chi connectivity index (χ2n) is 6.36. The molecular weight excluding hydrogens is 400 g/mol. The van der Waals surface area contributed by atoms with E-state index in [1.807, 2.05) is 61.5 Å². The fourth-order valence-corrected chi connectivity index (χ4v) is 3.29. The Morgan fingerprint density at radius 3 is 2.57 bits per heavy atom. The number of aromatic nitrogens is 1. The van der Waals surface area contributed by atoms with Gasteiger partial charge in [0.2, 0.25) is 5.89 Å². The number of carbonyl (C=O) groups excluding carboxylic acids is 2. The van der Waals surface area contributed by atoms with Crippen LogP contribution in [0.2, 0.25) is 0 Å². The molecule has 0 aliphatic rings. The Kier molecular flexibility index (Phi) is 7.45. The number of hydrogen-bond donors (Lipinski definition) is 1. The number of likely N-dealkylation sites (N-methyl/N-ethyl adjacent to an activating group) is 1. The molecular formula is C23H22N2O4S. The van der Waals surface area contributed by atoms with E-state index in [4.69, 9.17) is 9.15 Å². The first-order valence-electron chi connectivity index (χ1n) is 9.39. The van der Waals surface area contributed by atoms with Gasteiger partial charge in [-0.05, 0) is 54.6 Å². The molecule has 1 aromatic heterocycles. The van der Waals surface area contributed by atoms with E-state index in [9.17, 15) is 9.59 Å². The summed E-state index contributed by atoms with van der Waals surface area (Å²) in [5.74, 6) is 1.80. The van der Waals surface area contributed by atoms with E-state index in [2.05, 4.69) is 10.3 Å². The Bertz CT molecular complexity index is 1030. The summed E-state index contributed by atoms with van der Waals surface area (Å²) < 4.78 is 11.6. The number of nitrogens with one attached hydrogen (secondary N) is 1. The van der Waals surface area contributed by atoms with Gasteiger partial charge < -0.3 is 14.5 Å². The van der Waals surface area contributed by atoms with Gasteiger partial charge in [0.05, 0.1) is 17.2 Å². The smallest absolute Gasteiger partial charge is 0.257 e. The molecule has 0 radical (unpaired) electrons. The molecule has 7 heteroatoms. The molecule has 154 valence electrons. The van der Waals surface area contributed by atoms with E-state index in [1.54, 1.807) is 6.08 Å². The Morgan fingerprint density at radius 2 is 1.90 bits per heavy atom. The maximum absolute atomic E-state index is 11.8. The van der Waals surface area contributed by atoms with Crippen LogP contribution in [0.1, 0.15) is 17.0 Å². The van der Waals surface area contributed by atoms with Crippen molar-refractivity contribution in [3.05, 3.63) is 76.5 Å². The normalized spacial score (nSPS) is 11.2. The number of hydrogen-bond acceptors (Lipinski definition) is 6. The highest BCUT2D eigenvalue weighted by Crippen LogP contribution is 2.22. The van der Waals surface area contributed by atoms with E-state index in [-0.39, 0.29) is 5.91 Å². The quantitative estimate of drug-likeness (QED) is 0.409. The standard InChI is InChI=1S/C23H22N2O4S/c1-16-20(25-23(29-16)18-6-4-3-5-7-18)12-13-28-19-10-8-17(9-11-19)14-21(30-15-26)22(27)24-2/h3-11,14-15H,12-13H2,1-2H3,(H,24,27)/b21-14-. The Labute approximate surface area is 179 Å². The average molecular weight is 423 g/mol. The Balaban J connectivity index is 1.59. The van der Waals surface area contributed by atoms with Crippen LogP contribution < -0.4 is 10.1 Å². The van der Waals surface area contributed by atoms with Crippen LogP contribution in [-0.2, 0) is 16.0 Å². The van der Waals surface area contributed by atoms with Crippen LogP contribution in [-0.4, -0.2) is 30.2 Å². The number of aryl methyl sites for hydroxylation is 1. The second kappa shape index (κ2) is 10.5. The number of ether oxygens (including phenoxy) is 1. The SMILES string of the molecule is CNC(=O)/C(=C/c1ccc(OCCc2nc(-c3ccccc3)oc2C)cc1)SC=O. The lowest BCUT2D eigenvalue weighted by atomic mass is 10.2. The minimum atomic E-state index is -0.301. The Hall–Kier alpha value is -3.32. The van der Waals surface area contributed by atoms with Gasteiger partial charge in [-0.3, -0.25) is 9.59 Å². The molecule has 0 aliphatic heterocycles. The molecule has 0 spiro atoms. The van der Waals surface area contributed by atoms with Crippen molar-refractivity contribution in [1.29, 1.82) is 0 Å². The molecule has 0 unspecified atom stereocenters. The highest BCUT2D eigenvalue weighted by molar-refractivity contribution is 8.16. The van der Waals surface area contributed by atoms with E-state index in [1.165, 1.54) is 7.05 Å². The van der Waals surface area contributed by atoms with Gasteiger partial charge in [-0.25, -0.2) is 4.98 Å². The topological polar surface area (TPSA) is 81.4 Å². The summed E-state index contributed by atoms with van der Waals surface area (Å²) in [5, 5.41) is 2.52. The minimum Gasteiger partial charge on any atom is -0.493 e. The summed E-state index contributed by atoms with van der Waals surface area (Å²) >= 11 is 0.843. The van der Waals surface area contributed by atoms with Gasteiger partial charge in [0.1, 0.15) is 11.5 Å². The summed E-state index contributed by atoms with van der Waals surface area (Å²) in [4.78, 5) is 27.4. The summed E-state index contributed by atoms with van der Waals surface area (Å²) in [6.45, 7) is 2.36. The van der Waals surface area contributed by atoms with Crippen LogP contribution in [0.5, 0.6) is 5.75 Å². The molecule has 0 fully saturated rings. The predicted molar refractivity (Wildman–Crippen MR) is 119 cm³/mol. The zero-order chi connectivity index (χ0) is 21.3. The van der Waals surface area contributed by atoms with Crippen LogP contribution in [0.3, 0.4) is 0 Å². The molecule has 3 rings (SSSR count). The monoisotopic (exact) mass is 422 g/mol. The molecule has 0 saturated heterocycles. The van der Waals surface area contributed by atoms with Gasteiger partial charge >= 0.3 is 0 Å². The molecule has 0 bridgehead atoms. The van der Waals surface area contributed by atoms with Crippen LogP contribution >= 0.6 is 11.8 Å². The first-order valence-corrected chi connectivity index (χ1v) is 10.3. The number of nitrogens with zero attached hydrogens (tertiary/aromatic N) is 1. The third-order valence-electron chi connectivity index (χ3n) is 4.32. The first-order chi connectivity index (χ1) is 14.6. The lowest BCUT2D eigenvalue weighted by Gasteiger charge is -2.06. The molecule has 3 aromatic rings. The number of rotatable bonds is 9. The number of benzene rings is 2.